The van der Waals surface area contributed by atoms with Gasteiger partial charge in [-0.2, -0.15) is 0 Å². The van der Waals surface area contributed by atoms with Crippen molar-refractivity contribution in [3.05, 3.63) is 0 Å². The highest BCUT2D eigenvalue weighted by molar-refractivity contribution is 7.75. The Morgan fingerprint density at radius 3 is 1.47 bits per heavy atom. The Hall–Kier alpha value is 0.680. The summed E-state index contributed by atoms with van der Waals surface area (Å²) in [6.07, 6.45) is 14.7. The lowest BCUT2D eigenvalue weighted by Gasteiger charge is -2.30. The number of hydrogen-bond donors (Lipinski definition) is 0. The molecule has 0 heterocycles. The monoisotopic (exact) mass is 310 g/mol. The van der Waals surface area contributed by atoms with E-state index in [1.165, 1.54) is 63.2 Å². The second-order valence-corrected chi connectivity index (χ2v) is 10.2. The van der Waals surface area contributed by atoms with Gasteiger partial charge in [-0.05, 0) is 26.2 Å². The molecule has 19 heavy (non-hydrogen) atoms. The van der Waals surface area contributed by atoms with Crippen LogP contribution < -0.4 is 12.4 Å². The molecule has 0 fully saturated rings. The molecule has 0 aromatic heterocycles. The van der Waals surface area contributed by atoms with Crippen LogP contribution in [0.15, 0.2) is 0 Å². The number of unbranched alkanes of at least 4 members (excludes halogenated alkanes) is 3. The molecule has 0 aliphatic heterocycles. The molecule has 0 rings (SSSR count). The fraction of sp³-hybridized carbons (Fsp3) is 1.00. The minimum absolute atomic E-state index is 0. The van der Waals surface area contributed by atoms with Crippen LogP contribution in [0.5, 0.6) is 0 Å². The van der Waals surface area contributed by atoms with Crippen molar-refractivity contribution >= 4 is 7.26 Å². The first-order valence-electron chi connectivity index (χ1n) is 8.02. The first kappa shape index (κ1) is 22.0. The van der Waals surface area contributed by atoms with Crippen LogP contribution in [0.2, 0.25) is 0 Å². The second-order valence-electron chi connectivity index (χ2n) is 5.80. The van der Waals surface area contributed by atoms with Gasteiger partial charge in [-0.15, -0.1) is 0 Å². The fourth-order valence-electron chi connectivity index (χ4n) is 2.71. The number of rotatable bonds is 12. The molecule has 0 aromatic rings. The minimum Gasteiger partial charge on any atom is -1.00 e. The summed E-state index contributed by atoms with van der Waals surface area (Å²) >= 11 is 0. The Bertz CT molecular complexity index is 166. The summed E-state index contributed by atoms with van der Waals surface area (Å²) in [7, 11) is 1.13. The maximum absolute atomic E-state index is 5.57. The first-order valence-corrected chi connectivity index (χ1v) is 10.5. The van der Waals surface area contributed by atoms with Crippen LogP contribution in [0.4, 0.5) is 0 Å². The smallest absolute Gasteiger partial charge is 0.0877 e. The average molecular weight is 311 g/mol. The summed E-state index contributed by atoms with van der Waals surface area (Å²) in [5, 5.41) is 0. The number of ether oxygens (including phenoxy) is 1. The molecule has 0 aromatic carbocycles. The standard InChI is InChI=1S/C16H36OP.ClH/c1-6-9-12-18(13-10-7-2,14-11-8-3)15-16(4)17-5;/h16H,6-15H2,1-5H3;1H/q+1;/p-1. The van der Waals surface area contributed by atoms with E-state index in [4.69, 9.17) is 4.74 Å². The predicted molar refractivity (Wildman–Crippen MR) is 87.6 cm³/mol. The van der Waals surface area contributed by atoms with E-state index in [9.17, 15) is 0 Å². The van der Waals surface area contributed by atoms with Crippen molar-refractivity contribution in [2.45, 2.75) is 72.3 Å². The zero-order valence-corrected chi connectivity index (χ0v) is 15.5. The normalized spacial score (nSPS) is 13.1. The van der Waals surface area contributed by atoms with Crippen LogP contribution in [0, 0.1) is 0 Å². The van der Waals surface area contributed by atoms with Crippen LogP contribution in [-0.2, 0) is 4.74 Å². The van der Waals surface area contributed by atoms with Crippen LogP contribution >= 0.6 is 7.26 Å². The van der Waals surface area contributed by atoms with E-state index in [0.29, 0.717) is 6.10 Å². The van der Waals surface area contributed by atoms with E-state index in [0.717, 1.165) is 0 Å². The number of hydrogen-bond acceptors (Lipinski definition) is 1. The lowest BCUT2D eigenvalue weighted by molar-refractivity contribution is -0.00000547. The highest BCUT2D eigenvalue weighted by Gasteiger charge is 2.36. The third-order valence-corrected chi connectivity index (χ3v) is 9.09. The maximum atomic E-state index is 5.57. The molecular formula is C16H36ClOP. The highest BCUT2D eigenvalue weighted by Crippen LogP contribution is 2.61. The van der Waals surface area contributed by atoms with Crippen molar-refractivity contribution in [1.29, 1.82) is 0 Å². The van der Waals surface area contributed by atoms with Gasteiger partial charge in [0.2, 0.25) is 0 Å². The van der Waals surface area contributed by atoms with E-state index in [1.54, 1.807) is 0 Å². The molecule has 0 bridgehead atoms. The van der Waals surface area contributed by atoms with Crippen molar-refractivity contribution < 1.29 is 17.1 Å². The van der Waals surface area contributed by atoms with Crippen molar-refractivity contribution in [2.24, 2.45) is 0 Å². The average Bonchev–Trinajstić information content (AvgIpc) is 2.40. The first-order chi connectivity index (χ1) is 8.64. The van der Waals surface area contributed by atoms with E-state index in [-0.39, 0.29) is 12.4 Å². The lowest BCUT2D eigenvalue weighted by Crippen LogP contribution is -3.00. The molecule has 0 radical (unpaired) electrons. The van der Waals surface area contributed by atoms with Crippen LogP contribution in [0.3, 0.4) is 0 Å². The van der Waals surface area contributed by atoms with Gasteiger partial charge in [-0.3, -0.25) is 0 Å². The van der Waals surface area contributed by atoms with Gasteiger partial charge in [0.05, 0.1) is 30.8 Å². The van der Waals surface area contributed by atoms with Gasteiger partial charge in [0.1, 0.15) is 0 Å². The predicted octanol–water partition coefficient (Wildman–Crippen LogP) is 2.44. The highest BCUT2D eigenvalue weighted by atomic mass is 35.5. The molecule has 1 atom stereocenters. The molecule has 0 spiro atoms. The Balaban J connectivity index is 0. The summed E-state index contributed by atoms with van der Waals surface area (Å²) < 4.78 is 5.57. The molecule has 0 saturated heterocycles. The molecular weight excluding hydrogens is 275 g/mol. The van der Waals surface area contributed by atoms with E-state index < -0.39 is 7.26 Å². The van der Waals surface area contributed by atoms with Crippen LogP contribution in [0.1, 0.15) is 66.2 Å². The fourth-order valence-corrected chi connectivity index (χ4v) is 8.13. The van der Waals surface area contributed by atoms with Gasteiger partial charge >= 0.3 is 0 Å². The van der Waals surface area contributed by atoms with E-state index in [1.807, 2.05) is 7.11 Å². The third-order valence-electron chi connectivity index (χ3n) is 4.00. The SMILES string of the molecule is CCCC[P+](CCCC)(CCCC)CC(C)OC.[Cl-]. The quantitative estimate of drug-likeness (QED) is 0.503. The van der Waals surface area contributed by atoms with Gasteiger partial charge in [0.15, 0.2) is 0 Å². The van der Waals surface area contributed by atoms with Crippen molar-refractivity contribution in [3.63, 3.8) is 0 Å². The number of halogens is 1. The van der Waals surface area contributed by atoms with Gasteiger partial charge in [0, 0.05) is 14.4 Å². The molecule has 3 heteroatoms. The van der Waals surface area contributed by atoms with Gasteiger partial charge in [0.25, 0.3) is 0 Å². The number of methoxy groups -OCH3 is 1. The van der Waals surface area contributed by atoms with E-state index in [2.05, 4.69) is 27.7 Å². The summed E-state index contributed by atoms with van der Waals surface area (Å²) in [5.41, 5.74) is 0. The Kier molecular flexibility index (Phi) is 15.8. The van der Waals surface area contributed by atoms with Crippen LogP contribution in [-0.4, -0.2) is 37.9 Å². The Morgan fingerprint density at radius 1 is 0.842 bits per heavy atom. The molecule has 0 saturated carbocycles. The zero-order chi connectivity index (χ0) is 13.9. The van der Waals surface area contributed by atoms with Gasteiger partial charge in [-0.1, -0.05) is 40.0 Å². The summed E-state index contributed by atoms with van der Waals surface area (Å²) in [5.74, 6) is 0. The largest absolute Gasteiger partial charge is 1.00 e. The second kappa shape index (κ2) is 13.7. The zero-order valence-electron chi connectivity index (χ0n) is 13.9. The summed E-state index contributed by atoms with van der Waals surface area (Å²) in [6.45, 7) is 9.24. The molecule has 0 aliphatic carbocycles. The maximum Gasteiger partial charge on any atom is 0.0877 e. The molecule has 1 nitrogen and oxygen atoms in total. The van der Waals surface area contributed by atoms with Gasteiger partial charge in [-0.25, -0.2) is 0 Å². The molecule has 118 valence electrons. The van der Waals surface area contributed by atoms with Crippen molar-refractivity contribution in [1.82, 2.24) is 0 Å². The Morgan fingerprint density at radius 2 is 1.21 bits per heavy atom. The summed E-state index contributed by atoms with van der Waals surface area (Å²) in [4.78, 5) is 0. The lowest BCUT2D eigenvalue weighted by atomic mass is 10.4. The van der Waals surface area contributed by atoms with Crippen molar-refractivity contribution in [3.8, 4) is 0 Å². The molecule has 0 aliphatic rings. The molecule has 1 unspecified atom stereocenters. The molecule has 0 N–H and O–H groups in total. The molecule has 0 amide bonds. The van der Waals surface area contributed by atoms with Crippen molar-refractivity contribution in [2.75, 3.05) is 31.8 Å². The summed E-state index contributed by atoms with van der Waals surface area (Å²) in [6, 6.07) is 0. The van der Waals surface area contributed by atoms with E-state index >= 15 is 0 Å². The minimum atomic E-state index is -0.743. The topological polar surface area (TPSA) is 9.23 Å². The third kappa shape index (κ3) is 10.1. The van der Waals surface area contributed by atoms with Gasteiger partial charge < -0.3 is 17.1 Å². The van der Waals surface area contributed by atoms with Crippen LogP contribution in [0.25, 0.3) is 0 Å². The Labute approximate surface area is 129 Å².